The summed E-state index contributed by atoms with van der Waals surface area (Å²) in [4.78, 5) is 0.183. The second-order valence-corrected chi connectivity index (χ2v) is 6.38. The van der Waals surface area contributed by atoms with E-state index in [1.54, 1.807) is 36.4 Å². The van der Waals surface area contributed by atoms with Gasteiger partial charge in [0.2, 0.25) is 10.0 Å². The van der Waals surface area contributed by atoms with Gasteiger partial charge in [0.15, 0.2) is 0 Å². The van der Waals surface area contributed by atoms with Gasteiger partial charge in [-0.1, -0.05) is 42.5 Å². The predicted octanol–water partition coefficient (Wildman–Crippen LogP) is 1.76. The van der Waals surface area contributed by atoms with Gasteiger partial charge in [-0.2, -0.15) is 0 Å². The van der Waals surface area contributed by atoms with E-state index in [2.05, 4.69) is 4.72 Å². The van der Waals surface area contributed by atoms with Crippen molar-refractivity contribution in [3.8, 4) is 11.1 Å². The molecule has 0 aliphatic heterocycles. The highest BCUT2D eigenvalue weighted by atomic mass is 32.2. The number of nitrogens with two attached hydrogens (primary N) is 1. The van der Waals surface area contributed by atoms with Crippen LogP contribution in [0.5, 0.6) is 0 Å². The molecule has 5 nitrogen and oxygen atoms in total. The highest BCUT2D eigenvalue weighted by molar-refractivity contribution is 7.89. The smallest absolute Gasteiger partial charge is 0.240 e. The standard InChI is InChI=1S/C16H18N2O3S/c17-16-6-2-1-5-15(16)13-7-9-14(10-8-13)22(20,21)18-11-3-4-12-19/h1-10,18-19H,11-12,17H2/b4-3+. The highest BCUT2D eigenvalue weighted by Gasteiger charge is 2.12. The Morgan fingerprint density at radius 2 is 1.73 bits per heavy atom. The van der Waals surface area contributed by atoms with Crippen LogP contribution in [0, 0.1) is 0 Å². The Kier molecular flexibility index (Phi) is 5.32. The first-order valence-electron chi connectivity index (χ1n) is 6.75. The minimum absolute atomic E-state index is 0.116. The van der Waals surface area contributed by atoms with Crippen LogP contribution in [0.2, 0.25) is 0 Å². The number of aliphatic hydroxyl groups is 1. The SMILES string of the molecule is Nc1ccccc1-c1ccc(S(=O)(=O)NC/C=C/CO)cc1. The molecule has 0 amide bonds. The summed E-state index contributed by atoms with van der Waals surface area (Å²) < 4.78 is 26.6. The maximum atomic E-state index is 12.1. The summed E-state index contributed by atoms with van der Waals surface area (Å²) in [7, 11) is -3.56. The third kappa shape index (κ3) is 3.94. The van der Waals surface area contributed by atoms with E-state index in [9.17, 15) is 8.42 Å². The van der Waals surface area contributed by atoms with Crippen LogP contribution in [0.3, 0.4) is 0 Å². The molecule has 2 aromatic rings. The fraction of sp³-hybridized carbons (Fsp3) is 0.125. The second kappa shape index (κ2) is 7.22. The number of anilines is 1. The molecule has 116 valence electrons. The molecule has 0 radical (unpaired) electrons. The summed E-state index contributed by atoms with van der Waals surface area (Å²) in [6, 6.07) is 14.0. The zero-order valence-electron chi connectivity index (χ0n) is 11.9. The molecule has 0 bridgehead atoms. The Bertz CT molecular complexity index is 753. The fourth-order valence-corrected chi connectivity index (χ4v) is 2.95. The predicted molar refractivity (Wildman–Crippen MR) is 87.7 cm³/mol. The van der Waals surface area contributed by atoms with Gasteiger partial charge in [-0.05, 0) is 23.8 Å². The maximum absolute atomic E-state index is 12.1. The summed E-state index contributed by atoms with van der Waals surface area (Å²) >= 11 is 0. The van der Waals surface area contributed by atoms with E-state index < -0.39 is 10.0 Å². The number of para-hydroxylation sites is 1. The van der Waals surface area contributed by atoms with Crippen LogP contribution in [0.4, 0.5) is 5.69 Å². The first-order chi connectivity index (χ1) is 10.5. The molecular weight excluding hydrogens is 300 g/mol. The minimum atomic E-state index is -3.56. The summed E-state index contributed by atoms with van der Waals surface area (Å²) in [6.45, 7) is 0.0190. The van der Waals surface area contributed by atoms with Gasteiger partial charge in [0.25, 0.3) is 0 Å². The largest absolute Gasteiger partial charge is 0.398 e. The molecule has 6 heteroatoms. The van der Waals surface area contributed by atoms with E-state index in [0.717, 1.165) is 11.1 Å². The molecule has 0 atom stereocenters. The molecule has 0 saturated carbocycles. The molecule has 0 fully saturated rings. The van der Waals surface area contributed by atoms with Gasteiger partial charge in [0, 0.05) is 17.8 Å². The average molecular weight is 318 g/mol. The van der Waals surface area contributed by atoms with Crippen LogP contribution in [0.25, 0.3) is 11.1 Å². The lowest BCUT2D eigenvalue weighted by atomic mass is 10.0. The van der Waals surface area contributed by atoms with E-state index in [4.69, 9.17) is 10.8 Å². The molecule has 0 spiro atoms. The van der Waals surface area contributed by atoms with Crippen molar-refractivity contribution in [2.24, 2.45) is 0 Å². The topological polar surface area (TPSA) is 92.4 Å². The van der Waals surface area contributed by atoms with Crippen LogP contribution >= 0.6 is 0 Å². The third-order valence-electron chi connectivity index (χ3n) is 3.10. The average Bonchev–Trinajstić information content (AvgIpc) is 2.52. The normalized spacial score (nSPS) is 11.9. The lowest BCUT2D eigenvalue weighted by Gasteiger charge is -2.08. The first-order valence-corrected chi connectivity index (χ1v) is 8.23. The molecule has 0 aromatic heterocycles. The van der Waals surface area contributed by atoms with E-state index in [1.165, 1.54) is 6.08 Å². The minimum Gasteiger partial charge on any atom is -0.398 e. The number of rotatable bonds is 6. The van der Waals surface area contributed by atoms with Crippen LogP contribution < -0.4 is 10.5 Å². The monoisotopic (exact) mass is 318 g/mol. The summed E-state index contributed by atoms with van der Waals surface area (Å²) in [5.74, 6) is 0. The molecule has 0 saturated heterocycles. The summed E-state index contributed by atoms with van der Waals surface area (Å²) in [5.41, 5.74) is 8.28. The van der Waals surface area contributed by atoms with Crippen LogP contribution in [0.15, 0.2) is 65.6 Å². The van der Waals surface area contributed by atoms with Crippen molar-refractivity contribution in [3.63, 3.8) is 0 Å². The Labute approximate surface area is 130 Å². The Morgan fingerprint density at radius 1 is 1.05 bits per heavy atom. The van der Waals surface area contributed by atoms with Gasteiger partial charge in [-0.25, -0.2) is 13.1 Å². The Balaban J connectivity index is 2.18. The number of nitrogens with one attached hydrogen (secondary N) is 1. The van der Waals surface area contributed by atoms with E-state index in [0.29, 0.717) is 5.69 Å². The Morgan fingerprint density at radius 3 is 2.36 bits per heavy atom. The molecule has 0 aliphatic carbocycles. The number of hydrogen-bond acceptors (Lipinski definition) is 4. The molecule has 0 unspecified atom stereocenters. The van der Waals surface area contributed by atoms with E-state index >= 15 is 0 Å². The number of benzene rings is 2. The van der Waals surface area contributed by atoms with Crippen molar-refractivity contribution in [2.45, 2.75) is 4.90 Å². The molecule has 22 heavy (non-hydrogen) atoms. The number of aliphatic hydroxyl groups excluding tert-OH is 1. The molecule has 0 aliphatic rings. The fourth-order valence-electron chi connectivity index (χ4n) is 1.97. The lowest BCUT2D eigenvalue weighted by molar-refractivity contribution is 0.342. The highest BCUT2D eigenvalue weighted by Crippen LogP contribution is 2.26. The lowest BCUT2D eigenvalue weighted by Crippen LogP contribution is -2.23. The van der Waals surface area contributed by atoms with Crippen molar-refractivity contribution in [1.82, 2.24) is 4.72 Å². The van der Waals surface area contributed by atoms with Crippen molar-refractivity contribution in [3.05, 3.63) is 60.7 Å². The van der Waals surface area contributed by atoms with E-state index in [-0.39, 0.29) is 18.0 Å². The van der Waals surface area contributed by atoms with Crippen molar-refractivity contribution in [2.75, 3.05) is 18.9 Å². The van der Waals surface area contributed by atoms with Crippen molar-refractivity contribution >= 4 is 15.7 Å². The van der Waals surface area contributed by atoms with Crippen molar-refractivity contribution < 1.29 is 13.5 Å². The third-order valence-corrected chi connectivity index (χ3v) is 4.54. The second-order valence-electron chi connectivity index (χ2n) is 4.62. The molecule has 4 N–H and O–H groups in total. The maximum Gasteiger partial charge on any atom is 0.240 e. The van der Waals surface area contributed by atoms with Gasteiger partial charge < -0.3 is 10.8 Å². The molecule has 2 rings (SSSR count). The number of nitrogen functional groups attached to an aromatic ring is 1. The quantitative estimate of drug-likeness (QED) is 0.559. The van der Waals surface area contributed by atoms with Crippen LogP contribution in [0.1, 0.15) is 0 Å². The van der Waals surface area contributed by atoms with Gasteiger partial charge in [0.05, 0.1) is 11.5 Å². The van der Waals surface area contributed by atoms with Gasteiger partial charge in [0.1, 0.15) is 0 Å². The summed E-state index contributed by atoms with van der Waals surface area (Å²) in [6.07, 6.45) is 3.03. The Hall–Kier alpha value is -2.15. The first kappa shape index (κ1) is 16.2. The molecule has 2 aromatic carbocycles. The van der Waals surface area contributed by atoms with Crippen LogP contribution in [-0.4, -0.2) is 26.7 Å². The summed E-state index contributed by atoms with van der Waals surface area (Å²) in [5, 5.41) is 8.60. The molecule has 0 heterocycles. The van der Waals surface area contributed by atoms with Gasteiger partial charge in [-0.3, -0.25) is 0 Å². The van der Waals surface area contributed by atoms with Crippen molar-refractivity contribution in [1.29, 1.82) is 0 Å². The van der Waals surface area contributed by atoms with Crippen LogP contribution in [-0.2, 0) is 10.0 Å². The van der Waals surface area contributed by atoms with Gasteiger partial charge in [-0.15, -0.1) is 0 Å². The zero-order chi connectivity index (χ0) is 16.0. The zero-order valence-corrected chi connectivity index (χ0v) is 12.8. The number of hydrogen-bond donors (Lipinski definition) is 3. The number of sulfonamides is 1. The molecular formula is C16H18N2O3S. The van der Waals surface area contributed by atoms with Gasteiger partial charge >= 0.3 is 0 Å². The van der Waals surface area contributed by atoms with E-state index in [1.807, 2.05) is 18.2 Å².